The Labute approximate surface area is 285 Å². The van der Waals surface area contributed by atoms with Crippen LogP contribution in [0.25, 0.3) is 0 Å². The lowest BCUT2D eigenvalue weighted by Crippen LogP contribution is -2.53. The third-order valence-corrected chi connectivity index (χ3v) is 10.1. The first-order valence-corrected chi connectivity index (χ1v) is 17.2. The number of nitrogens with one attached hydrogen (secondary N) is 2. The number of hydrogen-bond acceptors (Lipinski definition) is 10. The number of piperidine rings is 1. The van der Waals surface area contributed by atoms with Crippen molar-refractivity contribution in [2.45, 2.75) is 44.2 Å². The van der Waals surface area contributed by atoms with E-state index in [0.29, 0.717) is 53.4 Å². The summed E-state index contributed by atoms with van der Waals surface area (Å²) in [6.07, 6.45) is 8.03. The van der Waals surface area contributed by atoms with Crippen LogP contribution in [0.2, 0.25) is 0 Å². The molecule has 260 valence electrons. The van der Waals surface area contributed by atoms with Crippen LogP contribution in [-0.4, -0.2) is 91.2 Å². The molecule has 0 radical (unpaired) electrons. The molecular formula is C36H44F2N8O3. The van der Waals surface area contributed by atoms with Gasteiger partial charge in [-0.15, -0.1) is 0 Å². The molecule has 3 saturated heterocycles. The number of hydroxylamine groups is 1. The molecule has 1 atom stereocenters. The van der Waals surface area contributed by atoms with Gasteiger partial charge in [0.25, 0.3) is 0 Å². The number of anilines is 5. The van der Waals surface area contributed by atoms with E-state index in [1.54, 1.807) is 13.2 Å². The number of methoxy groups -OCH3 is 1. The quantitative estimate of drug-likeness (QED) is 0.254. The third kappa shape index (κ3) is 7.63. The number of carbonyl (C=O) groups excluding carboxylic acids is 1. The summed E-state index contributed by atoms with van der Waals surface area (Å²) in [7, 11) is 1.60. The van der Waals surface area contributed by atoms with Crippen LogP contribution >= 0.6 is 0 Å². The number of halogens is 2. The highest BCUT2D eigenvalue weighted by molar-refractivity contribution is 6.02. The van der Waals surface area contributed by atoms with Crippen LogP contribution < -0.4 is 25.3 Å². The summed E-state index contributed by atoms with van der Waals surface area (Å²) in [6.45, 7) is 11.6. The lowest BCUT2D eigenvalue weighted by Gasteiger charge is -2.43. The van der Waals surface area contributed by atoms with E-state index >= 15 is 0 Å². The molecule has 7 rings (SSSR count). The van der Waals surface area contributed by atoms with Crippen LogP contribution in [0.3, 0.4) is 0 Å². The van der Waals surface area contributed by atoms with Gasteiger partial charge in [0.1, 0.15) is 29.5 Å². The Hall–Kier alpha value is -4.33. The molecule has 0 bridgehead atoms. The molecule has 2 aromatic carbocycles. The van der Waals surface area contributed by atoms with E-state index in [1.165, 1.54) is 49.0 Å². The van der Waals surface area contributed by atoms with Gasteiger partial charge >= 0.3 is 0 Å². The lowest BCUT2D eigenvalue weighted by atomic mass is 10.0. The monoisotopic (exact) mass is 674 g/mol. The summed E-state index contributed by atoms with van der Waals surface area (Å²) in [5.41, 5.74) is 2.41. The summed E-state index contributed by atoms with van der Waals surface area (Å²) in [4.78, 5) is 34.8. The predicted octanol–water partition coefficient (Wildman–Crippen LogP) is 5.51. The second-order valence-corrected chi connectivity index (χ2v) is 13.3. The van der Waals surface area contributed by atoms with Gasteiger partial charge in [-0.2, -0.15) is 0 Å². The number of rotatable bonds is 11. The van der Waals surface area contributed by atoms with Gasteiger partial charge in [-0.25, -0.2) is 23.8 Å². The number of amides is 1. The molecule has 1 aliphatic carbocycles. The van der Waals surface area contributed by atoms with Crippen LogP contribution in [0.5, 0.6) is 5.75 Å². The van der Waals surface area contributed by atoms with Crippen molar-refractivity contribution in [3.8, 4) is 5.75 Å². The third-order valence-electron chi connectivity index (χ3n) is 10.1. The average molecular weight is 675 g/mol. The highest BCUT2D eigenvalue weighted by atomic mass is 19.1. The van der Waals surface area contributed by atoms with Gasteiger partial charge in [-0.1, -0.05) is 12.6 Å². The van der Waals surface area contributed by atoms with Gasteiger partial charge in [-0.05, 0) is 49.8 Å². The van der Waals surface area contributed by atoms with Gasteiger partial charge in [0.15, 0.2) is 5.82 Å². The number of piperazine rings is 1. The molecular weight excluding hydrogens is 630 g/mol. The standard InChI is InChI=1S/C36H44F2N8O3/c1-3-36(47)42-29-19-30(41-34-21-35(40-23-39-34)46-31(10-17-49-46)27-7-6-25(37)18-28(27)38)33(48-2)20-32(29)45-11-8-26(9-12-45)44-15-13-43(14-16-44)22-24-4-5-24/h3,6-7,18-21,23-24,26,31H,1,4-5,8-17,22H2,2H3,(H,42,47)(H,39,40,41). The number of benzene rings is 2. The Morgan fingerprint density at radius 3 is 2.51 bits per heavy atom. The Morgan fingerprint density at radius 1 is 1.00 bits per heavy atom. The number of hydrogen-bond donors (Lipinski definition) is 2. The first kappa shape index (κ1) is 33.2. The summed E-state index contributed by atoms with van der Waals surface area (Å²) in [5.74, 6) is 0.756. The zero-order chi connectivity index (χ0) is 33.9. The zero-order valence-electron chi connectivity index (χ0n) is 27.9. The Kier molecular flexibility index (Phi) is 9.92. The molecule has 4 heterocycles. The molecule has 1 unspecified atom stereocenters. The zero-order valence-corrected chi connectivity index (χ0v) is 27.9. The normalized spacial score (nSPS) is 20.8. The average Bonchev–Trinajstić information content (AvgIpc) is 3.80. The van der Waals surface area contributed by atoms with Crippen molar-refractivity contribution in [2.24, 2.45) is 5.92 Å². The smallest absolute Gasteiger partial charge is 0.247 e. The van der Waals surface area contributed by atoms with Gasteiger partial charge in [0.2, 0.25) is 5.91 Å². The minimum Gasteiger partial charge on any atom is -0.494 e. The highest BCUT2D eigenvalue weighted by Crippen LogP contribution is 2.41. The van der Waals surface area contributed by atoms with E-state index in [2.05, 4.69) is 41.9 Å². The molecule has 49 heavy (non-hydrogen) atoms. The second kappa shape index (κ2) is 14.7. The van der Waals surface area contributed by atoms with Crippen molar-refractivity contribution in [3.63, 3.8) is 0 Å². The van der Waals surface area contributed by atoms with Gasteiger partial charge in [-0.3, -0.25) is 14.5 Å². The maximum absolute atomic E-state index is 14.7. The van der Waals surface area contributed by atoms with Gasteiger partial charge in [0.05, 0.1) is 36.8 Å². The Bertz CT molecular complexity index is 1660. The van der Waals surface area contributed by atoms with Gasteiger partial charge in [0, 0.05) is 82.0 Å². The maximum Gasteiger partial charge on any atom is 0.247 e. The van der Waals surface area contributed by atoms with Crippen LogP contribution in [-0.2, 0) is 9.63 Å². The minimum atomic E-state index is -0.641. The molecule has 4 fully saturated rings. The lowest BCUT2D eigenvalue weighted by molar-refractivity contribution is -0.111. The van der Waals surface area contributed by atoms with Crippen LogP contribution in [0.15, 0.2) is 55.4 Å². The van der Waals surface area contributed by atoms with E-state index in [9.17, 15) is 13.6 Å². The van der Waals surface area contributed by atoms with Crippen molar-refractivity contribution in [2.75, 3.05) is 80.1 Å². The van der Waals surface area contributed by atoms with E-state index in [1.807, 2.05) is 12.1 Å². The van der Waals surface area contributed by atoms with Crippen LogP contribution in [0.4, 0.5) is 37.5 Å². The first-order chi connectivity index (χ1) is 23.9. The van der Waals surface area contributed by atoms with Crippen LogP contribution in [0, 0.1) is 17.6 Å². The molecule has 4 aliphatic rings. The summed E-state index contributed by atoms with van der Waals surface area (Å²) >= 11 is 0. The summed E-state index contributed by atoms with van der Waals surface area (Å²) < 4.78 is 34.1. The Morgan fingerprint density at radius 2 is 1.80 bits per heavy atom. The predicted molar refractivity (Wildman–Crippen MR) is 185 cm³/mol. The van der Waals surface area contributed by atoms with Gasteiger partial charge < -0.3 is 25.2 Å². The highest BCUT2D eigenvalue weighted by Gasteiger charge is 2.33. The topological polar surface area (TPSA) is 98.3 Å². The second-order valence-electron chi connectivity index (χ2n) is 13.3. The fraction of sp³-hybridized carbons (Fsp3) is 0.472. The van der Waals surface area contributed by atoms with Crippen molar-refractivity contribution in [1.82, 2.24) is 19.8 Å². The van der Waals surface area contributed by atoms with Crippen molar-refractivity contribution in [3.05, 3.63) is 72.6 Å². The fourth-order valence-electron chi connectivity index (χ4n) is 7.25. The number of ether oxygens (including phenoxy) is 1. The van der Waals surface area contributed by atoms with Crippen molar-refractivity contribution in [1.29, 1.82) is 0 Å². The van der Waals surface area contributed by atoms with E-state index < -0.39 is 17.7 Å². The largest absolute Gasteiger partial charge is 0.494 e. The minimum absolute atomic E-state index is 0.314. The molecule has 3 aliphatic heterocycles. The Balaban J connectivity index is 1.07. The first-order valence-electron chi connectivity index (χ1n) is 17.2. The number of aromatic nitrogens is 2. The molecule has 13 heteroatoms. The molecule has 3 aromatic rings. The SMILES string of the molecule is C=CC(=O)Nc1cc(Nc2cc(N3OCCC3c3ccc(F)cc3F)ncn2)c(OC)cc1N1CCC(N2CCN(CC3CC3)CC2)CC1. The summed E-state index contributed by atoms with van der Waals surface area (Å²) in [6, 6.07) is 9.08. The molecule has 1 saturated carbocycles. The fourth-order valence-corrected chi connectivity index (χ4v) is 7.25. The maximum atomic E-state index is 14.7. The molecule has 11 nitrogen and oxygen atoms in total. The van der Waals surface area contributed by atoms with Crippen molar-refractivity contribution >= 4 is 34.6 Å². The molecule has 2 N–H and O–H groups in total. The number of carbonyl (C=O) groups is 1. The van der Waals surface area contributed by atoms with Crippen molar-refractivity contribution < 1.29 is 23.1 Å². The van der Waals surface area contributed by atoms with E-state index in [-0.39, 0.29) is 5.91 Å². The summed E-state index contributed by atoms with van der Waals surface area (Å²) in [5, 5.41) is 7.82. The van der Waals surface area contributed by atoms with Crippen LogP contribution in [0.1, 0.15) is 43.7 Å². The van der Waals surface area contributed by atoms with E-state index in [4.69, 9.17) is 9.57 Å². The molecule has 1 aromatic heterocycles. The number of nitrogens with zero attached hydrogens (tertiary/aromatic N) is 6. The molecule has 1 amide bonds. The molecule has 0 spiro atoms. The van der Waals surface area contributed by atoms with E-state index in [0.717, 1.165) is 69.8 Å².